The van der Waals surface area contributed by atoms with Gasteiger partial charge in [0.2, 0.25) is 0 Å². The van der Waals surface area contributed by atoms with Gasteiger partial charge in [0, 0.05) is 44.5 Å². The van der Waals surface area contributed by atoms with E-state index in [0.717, 1.165) is 26.2 Å². The molecule has 21 heavy (non-hydrogen) atoms. The molecule has 0 radical (unpaired) electrons. The molecule has 0 bridgehead atoms. The van der Waals surface area contributed by atoms with Gasteiger partial charge in [-0.3, -0.25) is 9.69 Å². The fourth-order valence-electron chi connectivity index (χ4n) is 2.68. The van der Waals surface area contributed by atoms with Crippen LogP contribution in [-0.2, 0) is 0 Å². The average Bonchev–Trinajstić information content (AvgIpc) is 2.45. The van der Waals surface area contributed by atoms with Gasteiger partial charge in [0.05, 0.1) is 5.56 Å². The molecule has 0 unspecified atom stereocenters. The summed E-state index contributed by atoms with van der Waals surface area (Å²) < 4.78 is 13.7. The van der Waals surface area contributed by atoms with Crippen molar-refractivity contribution in [2.75, 3.05) is 45.1 Å². The molecule has 2 rings (SSSR count). The van der Waals surface area contributed by atoms with Gasteiger partial charge in [-0.05, 0) is 33.0 Å². The molecule has 1 atom stereocenters. The maximum Gasteiger partial charge on any atom is 0.164 e. The summed E-state index contributed by atoms with van der Waals surface area (Å²) in [4.78, 5) is 16.3. The maximum absolute atomic E-state index is 13.7. The van der Waals surface area contributed by atoms with Crippen molar-refractivity contribution >= 4 is 11.5 Å². The van der Waals surface area contributed by atoms with E-state index in [-0.39, 0.29) is 11.3 Å². The molecule has 1 heterocycles. The first-order chi connectivity index (χ1) is 9.99. The Labute approximate surface area is 125 Å². The number of rotatable bonds is 5. The molecular formula is C16H24FN3O. The molecule has 4 nitrogen and oxygen atoms in total. The van der Waals surface area contributed by atoms with Crippen molar-refractivity contribution in [2.24, 2.45) is 0 Å². The number of hydrogen-bond acceptors (Lipinski definition) is 4. The lowest BCUT2D eigenvalue weighted by atomic mass is 10.1. The van der Waals surface area contributed by atoms with Crippen molar-refractivity contribution in [1.82, 2.24) is 9.80 Å². The molecule has 0 aromatic heterocycles. The number of likely N-dealkylation sites (N-methyl/N-ethyl adjacent to an activating group) is 1. The second-order valence-corrected chi connectivity index (χ2v) is 5.79. The van der Waals surface area contributed by atoms with Crippen LogP contribution in [0.2, 0.25) is 0 Å². The summed E-state index contributed by atoms with van der Waals surface area (Å²) >= 11 is 0. The van der Waals surface area contributed by atoms with E-state index in [1.54, 1.807) is 12.1 Å². The number of carbonyl (C=O) groups excluding carboxylic acids is 1. The van der Waals surface area contributed by atoms with Gasteiger partial charge in [0.15, 0.2) is 5.78 Å². The topological polar surface area (TPSA) is 35.6 Å². The summed E-state index contributed by atoms with van der Waals surface area (Å²) in [5.74, 6) is -0.706. The van der Waals surface area contributed by atoms with Crippen molar-refractivity contribution < 1.29 is 9.18 Å². The Bertz CT molecular complexity index is 498. The van der Waals surface area contributed by atoms with E-state index in [2.05, 4.69) is 29.1 Å². The molecule has 0 amide bonds. The monoisotopic (exact) mass is 293 g/mol. The van der Waals surface area contributed by atoms with E-state index in [1.165, 1.54) is 13.0 Å². The van der Waals surface area contributed by atoms with Crippen LogP contribution >= 0.6 is 0 Å². The zero-order chi connectivity index (χ0) is 15.4. The third-order valence-electron chi connectivity index (χ3n) is 4.11. The number of ketones is 1. The highest BCUT2D eigenvalue weighted by Gasteiger charge is 2.19. The van der Waals surface area contributed by atoms with Gasteiger partial charge in [0.25, 0.3) is 0 Å². The van der Waals surface area contributed by atoms with E-state index >= 15 is 0 Å². The van der Waals surface area contributed by atoms with E-state index in [0.29, 0.717) is 18.3 Å². The minimum atomic E-state index is -0.459. The fraction of sp³-hybridized carbons (Fsp3) is 0.562. The third-order valence-corrected chi connectivity index (χ3v) is 4.11. The van der Waals surface area contributed by atoms with Crippen LogP contribution in [0.3, 0.4) is 0 Å². The van der Waals surface area contributed by atoms with Crippen molar-refractivity contribution in [3.63, 3.8) is 0 Å². The minimum absolute atomic E-state index is 0.156. The molecule has 0 spiro atoms. The Kier molecular flexibility index (Phi) is 5.31. The number of nitrogens with zero attached hydrogens (tertiary/aromatic N) is 2. The van der Waals surface area contributed by atoms with Crippen molar-refractivity contribution in [2.45, 2.75) is 19.9 Å². The largest absolute Gasteiger partial charge is 0.383 e. The maximum atomic E-state index is 13.7. The van der Waals surface area contributed by atoms with E-state index in [9.17, 15) is 9.18 Å². The Hall–Kier alpha value is -1.46. The van der Waals surface area contributed by atoms with E-state index in [1.807, 2.05) is 0 Å². The zero-order valence-electron chi connectivity index (χ0n) is 13.0. The first-order valence-corrected chi connectivity index (χ1v) is 7.45. The summed E-state index contributed by atoms with van der Waals surface area (Å²) in [6.07, 6.45) is 0. The molecule has 1 aromatic carbocycles. The predicted octanol–water partition coefficient (Wildman–Crippen LogP) is 2.08. The van der Waals surface area contributed by atoms with Gasteiger partial charge in [0.1, 0.15) is 5.82 Å². The molecule has 1 N–H and O–H groups in total. The number of anilines is 1. The van der Waals surface area contributed by atoms with E-state index < -0.39 is 5.82 Å². The number of benzene rings is 1. The fourth-order valence-corrected chi connectivity index (χ4v) is 2.68. The molecular weight excluding hydrogens is 269 g/mol. The first kappa shape index (κ1) is 15.9. The standard InChI is InChI=1S/C16H24FN3O/c1-12(20-9-7-19(3)8-10-20)11-18-15-6-4-5-14(17)16(15)13(2)21/h4-6,12,18H,7-11H2,1-3H3/t12-/m1/s1. The van der Waals surface area contributed by atoms with Crippen LogP contribution in [0, 0.1) is 5.82 Å². The van der Waals surface area contributed by atoms with Gasteiger partial charge in [-0.1, -0.05) is 6.07 Å². The smallest absolute Gasteiger partial charge is 0.164 e. The van der Waals surface area contributed by atoms with Gasteiger partial charge in [-0.2, -0.15) is 0 Å². The minimum Gasteiger partial charge on any atom is -0.383 e. The normalized spacial score (nSPS) is 18.5. The third kappa shape index (κ3) is 4.02. The number of nitrogens with one attached hydrogen (secondary N) is 1. The van der Waals surface area contributed by atoms with Gasteiger partial charge in [-0.25, -0.2) is 4.39 Å². The zero-order valence-corrected chi connectivity index (χ0v) is 13.0. The molecule has 1 aliphatic heterocycles. The lowest BCUT2D eigenvalue weighted by molar-refractivity contribution is 0.101. The number of halogens is 1. The Balaban J connectivity index is 1.97. The predicted molar refractivity (Wildman–Crippen MR) is 83.4 cm³/mol. The van der Waals surface area contributed by atoms with Gasteiger partial charge < -0.3 is 10.2 Å². The Morgan fingerprint density at radius 2 is 2.00 bits per heavy atom. The average molecular weight is 293 g/mol. The van der Waals surface area contributed by atoms with Crippen molar-refractivity contribution in [3.05, 3.63) is 29.6 Å². The molecule has 0 saturated carbocycles. The highest BCUT2D eigenvalue weighted by atomic mass is 19.1. The lowest BCUT2D eigenvalue weighted by Crippen LogP contribution is -2.49. The van der Waals surface area contributed by atoms with Crippen LogP contribution in [0.15, 0.2) is 18.2 Å². The second kappa shape index (κ2) is 7.00. The van der Waals surface area contributed by atoms with Crippen LogP contribution < -0.4 is 5.32 Å². The van der Waals surface area contributed by atoms with Crippen molar-refractivity contribution in [1.29, 1.82) is 0 Å². The number of hydrogen-bond donors (Lipinski definition) is 1. The van der Waals surface area contributed by atoms with Crippen LogP contribution in [0.5, 0.6) is 0 Å². The van der Waals surface area contributed by atoms with Crippen LogP contribution in [0.4, 0.5) is 10.1 Å². The van der Waals surface area contributed by atoms with Gasteiger partial charge >= 0.3 is 0 Å². The van der Waals surface area contributed by atoms with E-state index in [4.69, 9.17) is 0 Å². The van der Waals surface area contributed by atoms with Crippen molar-refractivity contribution in [3.8, 4) is 0 Å². The van der Waals surface area contributed by atoms with Crippen LogP contribution in [0.25, 0.3) is 0 Å². The summed E-state index contributed by atoms with van der Waals surface area (Å²) in [5.41, 5.74) is 0.742. The molecule has 0 aliphatic carbocycles. The SMILES string of the molecule is CC(=O)c1c(F)cccc1NC[C@@H](C)N1CCN(C)CC1. The summed E-state index contributed by atoms with van der Waals surface area (Å²) in [6.45, 7) is 8.49. The number of carbonyl (C=O) groups is 1. The van der Waals surface area contributed by atoms with Crippen LogP contribution in [0.1, 0.15) is 24.2 Å². The Morgan fingerprint density at radius 1 is 1.33 bits per heavy atom. The molecule has 1 aliphatic rings. The summed E-state index contributed by atoms with van der Waals surface area (Å²) in [6, 6.07) is 5.06. The molecule has 1 aromatic rings. The number of piperazine rings is 1. The molecule has 1 fully saturated rings. The van der Waals surface area contributed by atoms with Gasteiger partial charge in [-0.15, -0.1) is 0 Å². The number of Topliss-reactive ketones (excluding diaryl/α,β-unsaturated/α-hetero) is 1. The quantitative estimate of drug-likeness (QED) is 0.843. The summed E-state index contributed by atoms with van der Waals surface area (Å²) in [5, 5.41) is 3.23. The Morgan fingerprint density at radius 3 is 2.62 bits per heavy atom. The second-order valence-electron chi connectivity index (χ2n) is 5.79. The molecule has 1 saturated heterocycles. The molecule has 5 heteroatoms. The highest BCUT2D eigenvalue weighted by Crippen LogP contribution is 2.20. The molecule has 116 valence electrons. The first-order valence-electron chi connectivity index (χ1n) is 7.45. The van der Waals surface area contributed by atoms with Crippen LogP contribution in [-0.4, -0.2) is 61.4 Å². The lowest BCUT2D eigenvalue weighted by Gasteiger charge is -2.36. The summed E-state index contributed by atoms with van der Waals surface area (Å²) in [7, 11) is 2.13. The highest BCUT2D eigenvalue weighted by molar-refractivity contribution is 5.99.